The van der Waals surface area contributed by atoms with Gasteiger partial charge < -0.3 is 10.5 Å². The van der Waals surface area contributed by atoms with E-state index in [1.807, 2.05) is 0 Å². The van der Waals surface area contributed by atoms with Crippen LogP contribution >= 0.6 is 22.6 Å². The van der Waals surface area contributed by atoms with Crippen molar-refractivity contribution in [2.24, 2.45) is 5.73 Å². The number of ether oxygens (including phenoxy) is 1. The van der Waals surface area contributed by atoms with Gasteiger partial charge in [0.05, 0.1) is 6.04 Å². The number of halogens is 1. The van der Waals surface area contributed by atoms with Crippen LogP contribution in [0.2, 0.25) is 0 Å². The van der Waals surface area contributed by atoms with Gasteiger partial charge in [0.15, 0.2) is 0 Å². The second kappa shape index (κ2) is 3.46. The Labute approximate surface area is 91.6 Å². The summed E-state index contributed by atoms with van der Waals surface area (Å²) >= 11 is 2.35. The third kappa shape index (κ3) is 1.55. The minimum absolute atomic E-state index is 0.0643. The lowest BCUT2D eigenvalue weighted by atomic mass is 10.1. The van der Waals surface area contributed by atoms with Crippen molar-refractivity contribution in [2.75, 3.05) is 6.61 Å². The summed E-state index contributed by atoms with van der Waals surface area (Å²) in [6.07, 6.45) is 1.05. The van der Waals surface area contributed by atoms with Gasteiger partial charge >= 0.3 is 0 Å². The van der Waals surface area contributed by atoms with Gasteiger partial charge in [-0.3, -0.25) is 0 Å². The first-order chi connectivity index (χ1) is 6.22. The van der Waals surface area contributed by atoms with Crippen molar-refractivity contribution < 1.29 is 4.74 Å². The summed E-state index contributed by atoms with van der Waals surface area (Å²) in [5.74, 6) is 0.977. The lowest BCUT2D eigenvalue weighted by molar-refractivity contribution is 0.333. The predicted molar refractivity (Wildman–Crippen MR) is 61.0 cm³/mol. The topological polar surface area (TPSA) is 35.2 Å². The molecule has 0 fully saturated rings. The maximum absolute atomic E-state index is 5.88. The van der Waals surface area contributed by atoms with Crippen LogP contribution in [0.15, 0.2) is 12.1 Å². The Morgan fingerprint density at radius 3 is 3.08 bits per heavy atom. The average molecular weight is 289 g/mol. The Bertz CT molecular complexity index is 338. The van der Waals surface area contributed by atoms with E-state index in [-0.39, 0.29) is 6.04 Å². The Morgan fingerprint density at radius 1 is 1.62 bits per heavy atom. The largest absolute Gasteiger partial charge is 0.491 e. The lowest BCUT2D eigenvalue weighted by Gasteiger charge is -2.05. The van der Waals surface area contributed by atoms with Crippen molar-refractivity contribution >= 4 is 22.6 Å². The van der Waals surface area contributed by atoms with Crippen LogP contribution in [0.5, 0.6) is 5.75 Å². The fourth-order valence-electron chi connectivity index (χ4n) is 1.57. The van der Waals surface area contributed by atoms with Gasteiger partial charge in [0.25, 0.3) is 0 Å². The van der Waals surface area contributed by atoms with Crippen LogP contribution in [0.3, 0.4) is 0 Å². The molecule has 0 saturated carbocycles. The summed E-state index contributed by atoms with van der Waals surface area (Å²) in [5.41, 5.74) is 8.37. The summed E-state index contributed by atoms with van der Waals surface area (Å²) in [4.78, 5) is 0. The molecule has 0 amide bonds. The molecule has 0 radical (unpaired) electrons. The highest BCUT2D eigenvalue weighted by molar-refractivity contribution is 14.1. The summed E-state index contributed by atoms with van der Waals surface area (Å²) < 4.78 is 6.77. The number of benzene rings is 1. The fourth-order valence-corrected chi connectivity index (χ4v) is 2.44. The number of hydrogen-bond donors (Lipinski definition) is 1. The van der Waals surface area contributed by atoms with Crippen LogP contribution in [-0.2, 0) is 6.42 Å². The van der Waals surface area contributed by atoms with E-state index in [2.05, 4.69) is 41.6 Å². The first kappa shape index (κ1) is 9.27. The second-order valence-corrected chi connectivity index (χ2v) is 4.41. The van der Waals surface area contributed by atoms with Crippen molar-refractivity contribution in [1.29, 1.82) is 0 Å². The van der Waals surface area contributed by atoms with Crippen molar-refractivity contribution in [3.05, 3.63) is 26.8 Å². The first-order valence-electron chi connectivity index (χ1n) is 4.43. The maximum atomic E-state index is 5.88. The van der Waals surface area contributed by atoms with E-state index in [4.69, 9.17) is 10.5 Å². The van der Waals surface area contributed by atoms with E-state index < -0.39 is 0 Å². The molecule has 0 spiro atoms. The molecule has 1 aromatic rings. The smallest absolute Gasteiger partial charge is 0.124 e. The van der Waals surface area contributed by atoms with Gasteiger partial charge in [0.2, 0.25) is 0 Å². The quantitative estimate of drug-likeness (QED) is 0.805. The van der Waals surface area contributed by atoms with Crippen LogP contribution in [0.25, 0.3) is 0 Å². The van der Waals surface area contributed by atoms with Gasteiger partial charge in [-0.1, -0.05) is 6.92 Å². The van der Waals surface area contributed by atoms with Crippen molar-refractivity contribution in [3.8, 4) is 5.75 Å². The van der Waals surface area contributed by atoms with Crippen molar-refractivity contribution in [2.45, 2.75) is 19.4 Å². The highest BCUT2D eigenvalue weighted by Crippen LogP contribution is 2.34. The highest BCUT2D eigenvalue weighted by atomic mass is 127. The minimum Gasteiger partial charge on any atom is -0.491 e. The zero-order chi connectivity index (χ0) is 9.42. The molecule has 0 saturated heterocycles. The molecule has 2 nitrogen and oxygen atoms in total. The summed E-state index contributed by atoms with van der Waals surface area (Å²) in [6.45, 7) is 2.78. The van der Waals surface area contributed by atoms with Gasteiger partial charge in [-0.2, -0.15) is 0 Å². The molecule has 0 bridgehead atoms. The zero-order valence-electron chi connectivity index (χ0n) is 7.51. The summed E-state index contributed by atoms with van der Waals surface area (Å²) in [5, 5.41) is 0. The second-order valence-electron chi connectivity index (χ2n) is 3.25. The van der Waals surface area contributed by atoms with E-state index >= 15 is 0 Å². The molecule has 1 heterocycles. The van der Waals surface area contributed by atoms with Crippen molar-refractivity contribution in [1.82, 2.24) is 0 Å². The molecule has 2 rings (SSSR count). The Morgan fingerprint density at radius 2 is 2.38 bits per heavy atom. The fraction of sp³-hybridized carbons (Fsp3) is 0.400. The van der Waals surface area contributed by atoms with E-state index in [0.717, 1.165) is 17.7 Å². The molecule has 1 aromatic carbocycles. The summed E-state index contributed by atoms with van der Waals surface area (Å²) in [7, 11) is 0. The van der Waals surface area contributed by atoms with Gasteiger partial charge in [-0.15, -0.1) is 0 Å². The van der Waals surface area contributed by atoms with Gasteiger partial charge in [-0.05, 0) is 46.7 Å². The Hall–Kier alpha value is -0.290. The lowest BCUT2D eigenvalue weighted by Crippen LogP contribution is -2.10. The molecular formula is C10H12INO. The molecule has 1 aliphatic rings. The number of fused-ring (bicyclic) bond motifs is 1. The van der Waals surface area contributed by atoms with Crippen molar-refractivity contribution in [3.63, 3.8) is 0 Å². The Kier molecular flexibility index (Phi) is 2.47. The third-order valence-corrected chi connectivity index (χ3v) is 3.38. The molecule has 0 unspecified atom stereocenters. The molecular weight excluding hydrogens is 277 g/mol. The van der Waals surface area contributed by atoms with Gasteiger partial charge in [0, 0.05) is 9.13 Å². The van der Waals surface area contributed by atoms with E-state index in [1.165, 1.54) is 9.13 Å². The molecule has 13 heavy (non-hydrogen) atoms. The van der Waals surface area contributed by atoms with E-state index in [1.54, 1.807) is 0 Å². The SMILES string of the molecule is CCc1cc2c(cc1I)[C@H](N)CO2. The minimum atomic E-state index is 0.0643. The number of aryl methyl sites for hydroxylation is 1. The third-order valence-electron chi connectivity index (χ3n) is 2.38. The molecule has 0 aromatic heterocycles. The molecule has 70 valence electrons. The predicted octanol–water partition coefficient (Wildman–Crippen LogP) is 2.25. The van der Waals surface area contributed by atoms with Gasteiger partial charge in [0.1, 0.15) is 12.4 Å². The number of rotatable bonds is 1. The van der Waals surface area contributed by atoms with Gasteiger partial charge in [-0.25, -0.2) is 0 Å². The molecule has 1 aliphatic heterocycles. The average Bonchev–Trinajstić information content (AvgIpc) is 2.47. The van der Waals surface area contributed by atoms with E-state index in [9.17, 15) is 0 Å². The molecule has 3 heteroatoms. The first-order valence-corrected chi connectivity index (χ1v) is 5.51. The van der Waals surface area contributed by atoms with Crippen LogP contribution in [0.4, 0.5) is 0 Å². The number of hydrogen-bond acceptors (Lipinski definition) is 2. The van der Waals surface area contributed by atoms with Crippen LogP contribution in [-0.4, -0.2) is 6.61 Å². The standard InChI is InChI=1S/C10H12INO/c1-2-6-3-10-7(4-8(6)11)9(12)5-13-10/h3-4,9H,2,5,12H2,1H3/t9-/m1/s1. The van der Waals surface area contributed by atoms with Crippen LogP contribution < -0.4 is 10.5 Å². The normalized spacial score (nSPS) is 19.8. The molecule has 0 aliphatic carbocycles. The Balaban J connectivity index is 2.50. The molecule has 2 N–H and O–H groups in total. The summed E-state index contributed by atoms with van der Waals surface area (Å²) in [6, 6.07) is 4.32. The van der Waals surface area contributed by atoms with Crippen LogP contribution in [0, 0.1) is 3.57 Å². The highest BCUT2D eigenvalue weighted by Gasteiger charge is 2.21. The van der Waals surface area contributed by atoms with E-state index in [0.29, 0.717) is 6.61 Å². The zero-order valence-corrected chi connectivity index (χ0v) is 9.67. The maximum Gasteiger partial charge on any atom is 0.124 e. The van der Waals surface area contributed by atoms with Crippen LogP contribution in [0.1, 0.15) is 24.1 Å². The molecule has 1 atom stereocenters. The monoisotopic (exact) mass is 289 g/mol. The number of nitrogens with two attached hydrogens (primary N) is 1.